The van der Waals surface area contributed by atoms with Crippen LogP contribution in [0.1, 0.15) is 6.92 Å². The third-order valence-corrected chi connectivity index (χ3v) is 1.39. The summed E-state index contributed by atoms with van der Waals surface area (Å²) in [5, 5.41) is 0. The first kappa shape index (κ1) is 8.17. The van der Waals surface area contributed by atoms with Crippen molar-refractivity contribution < 1.29 is 0 Å². The monoisotopic (exact) mass is 134 g/mol. The highest BCUT2D eigenvalue weighted by Gasteiger charge is 2.21. The van der Waals surface area contributed by atoms with Crippen LogP contribution in [-0.4, -0.2) is 57.5 Å². The van der Waals surface area contributed by atoms with E-state index in [0.717, 1.165) is 6.54 Å². The molecule has 1 aliphatic heterocycles. The largest absolute Gasteiger partial charge is 0.367 e. The van der Waals surface area contributed by atoms with Gasteiger partial charge in [-0.2, -0.15) is 0 Å². The molecule has 0 aromatic heterocycles. The lowest BCUT2D eigenvalue weighted by Gasteiger charge is -2.35. The first-order chi connectivity index (χ1) is 4.72. The molecule has 3 radical (unpaired) electrons. The van der Waals surface area contributed by atoms with E-state index in [1.807, 2.05) is 31.1 Å². The van der Waals surface area contributed by atoms with Gasteiger partial charge in [-0.1, -0.05) is 6.92 Å². The normalized spacial score (nSPS) is 23.1. The van der Waals surface area contributed by atoms with E-state index >= 15 is 0 Å². The Bertz CT molecular complexity index is 102. The van der Waals surface area contributed by atoms with Crippen molar-refractivity contribution in [1.29, 1.82) is 0 Å². The van der Waals surface area contributed by atoms with Crippen LogP contribution in [0.5, 0.6) is 0 Å². The van der Waals surface area contributed by atoms with Gasteiger partial charge < -0.3 is 14.2 Å². The fourth-order valence-electron chi connectivity index (χ4n) is 1.01. The predicted molar refractivity (Wildman–Crippen MR) is 45.2 cm³/mol. The minimum Gasteiger partial charge on any atom is -0.367 e. The molecule has 1 heterocycles. The zero-order valence-corrected chi connectivity index (χ0v) is 6.78. The summed E-state index contributed by atoms with van der Waals surface area (Å²) in [6.45, 7) is 3.14. The smallest absolute Gasteiger partial charge is 0.289 e. The van der Waals surface area contributed by atoms with Crippen LogP contribution < -0.4 is 0 Å². The summed E-state index contributed by atoms with van der Waals surface area (Å²) in [7, 11) is 10.2. The second-order valence-electron chi connectivity index (χ2n) is 2.51. The van der Waals surface area contributed by atoms with E-state index in [0.29, 0.717) is 0 Å². The first-order valence-electron chi connectivity index (χ1n) is 3.47. The summed E-state index contributed by atoms with van der Waals surface area (Å²) in [5.41, 5.74) is 0. The van der Waals surface area contributed by atoms with Gasteiger partial charge in [0.1, 0.15) is 0 Å². The molecule has 0 N–H and O–H groups in total. The van der Waals surface area contributed by atoms with Gasteiger partial charge in [-0.3, -0.25) is 0 Å². The molecule has 10 heavy (non-hydrogen) atoms. The van der Waals surface area contributed by atoms with Crippen molar-refractivity contribution in [2.24, 2.45) is 0 Å². The standard InChI is InChI=1S/C4H11B3N3/c1-4-10-6-8(2)5-9(3)7-10/h4H2,1-3H3. The van der Waals surface area contributed by atoms with Gasteiger partial charge in [0.05, 0.1) is 0 Å². The minimum atomic E-state index is 1.02. The van der Waals surface area contributed by atoms with Crippen LogP contribution in [0.2, 0.25) is 0 Å². The lowest BCUT2D eigenvalue weighted by molar-refractivity contribution is 0.560. The van der Waals surface area contributed by atoms with Crippen LogP contribution in [0, 0.1) is 0 Å². The van der Waals surface area contributed by atoms with E-state index in [2.05, 4.69) is 26.7 Å². The third kappa shape index (κ3) is 2.04. The zero-order chi connectivity index (χ0) is 7.56. The summed E-state index contributed by atoms with van der Waals surface area (Å²) >= 11 is 0. The molecule has 0 unspecified atom stereocenters. The molecule has 1 fully saturated rings. The maximum absolute atomic E-state index is 2.12. The molecule has 51 valence electrons. The molecule has 3 nitrogen and oxygen atoms in total. The van der Waals surface area contributed by atoms with Gasteiger partial charge in [0.2, 0.25) is 0 Å². The molecule has 6 heteroatoms. The average Bonchev–Trinajstić information content (AvgIpc) is 1.85. The maximum atomic E-state index is 2.12. The van der Waals surface area contributed by atoms with Gasteiger partial charge in [0.15, 0.2) is 0 Å². The van der Waals surface area contributed by atoms with Crippen LogP contribution in [0.4, 0.5) is 0 Å². The maximum Gasteiger partial charge on any atom is 0.289 e. The molecular formula is C4H11B3N3. The van der Waals surface area contributed by atoms with Crippen molar-refractivity contribution in [3.05, 3.63) is 0 Å². The van der Waals surface area contributed by atoms with Gasteiger partial charge in [-0.05, 0) is 20.6 Å². The highest BCUT2D eigenvalue weighted by atomic mass is 15.2. The summed E-state index contributed by atoms with van der Waals surface area (Å²) in [4.78, 5) is 0. The second-order valence-corrected chi connectivity index (χ2v) is 2.51. The third-order valence-electron chi connectivity index (χ3n) is 1.39. The molecule has 0 atom stereocenters. The molecule has 0 aliphatic carbocycles. The Morgan fingerprint density at radius 1 is 1.00 bits per heavy atom. The van der Waals surface area contributed by atoms with Crippen LogP contribution in [-0.2, 0) is 0 Å². The zero-order valence-electron chi connectivity index (χ0n) is 6.78. The van der Waals surface area contributed by atoms with E-state index in [1.165, 1.54) is 0 Å². The number of nitrogens with zero attached hydrogens (tertiary/aromatic N) is 3. The fraction of sp³-hybridized carbons (Fsp3) is 1.00. The van der Waals surface area contributed by atoms with Gasteiger partial charge in [-0.15, -0.1) is 0 Å². The first-order valence-corrected chi connectivity index (χ1v) is 3.47. The molecule has 0 bridgehead atoms. The van der Waals surface area contributed by atoms with E-state index < -0.39 is 0 Å². The second kappa shape index (κ2) is 3.46. The molecule has 1 rings (SSSR count). The molecular weight excluding hydrogens is 123 g/mol. The van der Waals surface area contributed by atoms with Crippen molar-refractivity contribution in [3.63, 3.8) is 0 Å². The number of hydrogen-bond donors (Lipinski definition) is 0. The summed E-state index contributed by atoms with van der Waals surface area (Å²) in [6, 6.07) is 0. The van der Waals surface area contributed by atoms with E-state index in [9.17, 15) is 0 Å². The Balaban J connectivity index is 2.35. The molecule has 0 amide bonds. The highest BCUT2D eigenvalue weighted by Crippen LogP contribution is 1.94. The Kier molecular flexibility index (Phi) is 2.83. The fourth-order valence-corrected chi connectivity index (χ4v) is 1.01. The highest BCUT2D eigenvalue weighted by molar-refractivity contribution is 6.64. The number of hydrogen-bond acceptors (Lipinski definition) is 3. The molecule has 0 spiro atoms. The molecule has 1 saturated heterocycles. The topological polar surface area (TPSA) is 9.72 Å². The van der Waals surface area contributed by atoms with Crippen molar-refractivity contribution in [1.82, 2.24) is 14.2 Å². The van der Waals surface area contributed by atoms with Gasteiger partial charge in [-0.25, -0.2) is 0 Å². The lowest BCUT2D eigenvalue weighted by Crippen LogP contribution is -2.58. The van der Waals surface area contributed by atoms with Crippen LogP contribution in [0.3, 0.4) is 0 Å². The molecule has 0 saturated carbocycles. The predicted octanol–water partition coefficient (Wildman–Crippen LogP) is -1.21. The Morgan fingerprint density at radius 2 is 1.50 bits per heavy atom. The van der Waals surface area contributed by atoms with Gasteiger partial charge in [0, 0.05) is 0 Å². The summed E-state index contributed by atoms with van der Waals surface area (Å²) in [5.74, 6) is 0. The van der Waals surface area contributed by atoms with E-state index in [-0.39, 0.29) is 0 Å². The molecule has 0 aromatic rings. The Morgan fingerprint density at radius 3 is 1.90 bits per heavy atom. The van der Waals surface area contributed by atoms with Crippen molar-refractivity contribution in [3.8, 4) is 0 Å². The SMILES string of the molecule is CCN1[B]N(C)[B]N(C)[B]1. The van der Waals surface area contributed by atoms with Crippen molar-refractivity contribution in [2.75, 3.05) is 20.6 Å². The Hall–Kier alpha value is 0.0748. The van der Waals surface area contributed by atoms with E-state index in [1.54, 1.807) is 0 Å². The van der Waals surface area contributed by atoms with Gasteiger partial charge >= 0.3 is 0 Å². The molecule has 0 aromatic carbocycles. The summed E-state index contributed by atoms with van der Waals surface area (Å²) in [6.07, 6.45) is 0. The van der Waals surface area contributed by atoms with Crippen LogP contribution in [0.15, 0.2) is 0 Å². The number of rotatable bonds is 1. The summed E-state index contributed by atoms with van der Waals surface area (Å²) < 4.78 is 6.19. The van der Waals surface area contributed by atoms with Crippen LogP contribution >= 0.6 is 0 Å². The van der Waals surface area contributed by atoms with Gasteiger partial charge in [0.25, 0.3) is 22.6 Å². The van der Waals surface area contributed by atoms with Crippen LogP contribution in [0.25, 0.3) is 0 Å². The average molecular weight is 134 g/mol. The van der Waals surface area contributed by atoms with E-state index in [4.69, 9.17) is 0 Å². The quantitative estimate of drug-likeness (QED) is 0.416. The Labute approximate surface area is 65.2 Å². The minimum absolute atomic E-state index is 1.02. The molecule has 1 aliphatic rings. The lowest BCUT2D eigenvalue weighted by atomic mass is 9.75. The van der Waals surface area contributed by atoms with Crippen molar-refractivity contribution >= 4 is 22.6 Å². The van der Waals surface area contributed by atoms with Crippen molar-refractivity contribution in [2.45, 2.75) is 6.92 Å².